The molecule has 0 saturated heterocycles. The smallest absolute Gasteiger partial charge is 0.348 e. The van der Waals surface area contributed by atoms with Crippen LogP contribution in [-0.2, 0) is 16.1 Å². The van der Waals surface area contributed by atoms with Gasteiger partial charge in [-0.05, 0) is 42.7 Å². The van der Waals surface area contributed by atoms with E-state index in [4.69, 9.17) is 4.74 Å². The number of fused-ring (bicyclic) bond motifs is 1. The lowest BCUT2D eigenvalue weighted by atomic mass is 10.1. The maximum atomic E-state index is 13.0. The number of rotatable bonds is 7. The maximum Gasteiger partial charge on any atom is 0.348 e. The van der Waals surface area contributed by atoms with E-state index in [1.54, 1.807) is 31.2 Å². The summed E-state index contributed by atoms with van der Waals surface area (Å²) in [7, 11) is 0. The molecule has 9 heteroatoms. The van der Waals surface area contributed by atoms with Crippen LogP contribution in [-0.4, -0.2) is 33.8 Å². The van der Waals surface area contributed by atoms with Crippen LogP contribution >= 0.6 is 11.3 Å². The Morgan fingerprint density at radius 1 is 1.19 bits per heavy atom. The Kier molecular flexibility index (Phi) is 6.65. The minimum atomic E-state index is -0.476. The molecule has 8 nitrogen and oxygen atoms in total. The van der Waals surface area contributed by atoms with E-state index in [0.29, 0.717) is 38.5 Å². The molecule has 3 aromatic rings. The van der Waals surface area contributed by atoms with Gasteiger partial charge in [0.05, 0.1) is 24.9 Å². The number of benzene rings is 1. The summed E-state index contributed by atoms with van der Waals surface area (Å²) in [6, 6.07) is 6.42. The molecular weight excluding hydrogens is 418 g/mol. The Bertz CT molecular complexity index is 1210. The molecule has 0 saturated carbocycles. The number of aromatic nitrogens is 2. The highest BCUT2D eigenvalue weighted by Crippen LogP contribution is 2.27. The van der Waals surface area contributed by atoms with Crippen LogP contribution in [0.1, 0.15) is 46.4 Å². The number of hydrogen-bond donors (Lipinski definition) is 1. The Morgan fingerprint density at radius 3 is 2.48 bits per heavy atom. The SMILES string of the molecule is CC(=O)Nc1ccc(C(=O)Cn2cnc3sc(C(=O)OCC(C)C)c(C)c3c2=O)cc1. The molecule has 31 heavy (non-hydrogen) atoms. The maximum absolute atomic E-state index is 13.0. The predicted octanol–water partition coefficient (Wildman–Crippen LogP) is 3.42. The molecule has 2 aromatic heterocycles. The normalized spacial score (nSPS) is 11.0. The lowest BCUT2D eigenvalue weighted by molar-refractivity contribution is -0.114. The molecule has 162 valence electrons. The lowest BCUT2D eigenvalue weighted by Crippen LogP contribution is -2.24. The fourth-order valence-corrected chi connectivity index (χ4v) is 4.00. The Balaban J connectivity index is 1.84. The van der Waals surface area contributed by atoms with E-state index in [-0.39, 0.29) is 29.7 Å². The molecule has 1 aromatic carbocycles. The molecule has 0 atom stereocenters. The van der Waals surface area contributed by atoms with Crippen LogP contribution in [0.4, 0.5) is 5.69 Å². The lowest BCUT2D eigenvalue weighted by Gasteiger charge is -2.07. The van der Waals surface area contributed by atoms with Gasteiger partial charge >= 0.3 is 5.97 Å². The number of nitrogens with zero attached hydrogens (tertiary/aromatic N) is 2. The minimum absolute atomic E-state index is 0.191. The standard InChI is InChI=1S/C22H23N3O5S/c1-12(2)10-30-22(29)19-13(3)18-20(31-19)23-11-25(21(18)28)9-17(27)15-5-7-16(8-6-15)24-14(4)26/h5-8,11-12H,9-10H2,1-4H3,(H,24,26). The molecule has 0 aliphatic carbocycles. The van der Waals surface area contributed by atoms with Gasteiger partial charge in [-0.25, -0.2) is 9.78 Å². The number of Topliss-reactive ketones (excluding diaryl/α,β-unsaturated/α-hetero) is 1. The monoisotopic (exact) mass is 441 g/mol. The largest absolute Gasteiger partial charge is 0.461 e. The molecule has 2 heterocycles. The number of aryl methyl sites for hydroxylation is 1. The van der Waals surface area contributed by atoms with E-state index in [0.717, 1.165) is 11.3 Å². The van der Waals surface area contributed by atoms with Gasteiger partial charge < -0.3 is 10.1 Å². The summed E-state index contributed by atoms with van der Waals surface area (Å²) in [6.45, 7) is 7.06. The number of nitrogens with one attached hydrogen (secondary N) is 1. The third kappa shape index (κ3) is 5.05. The molecule has 0 unspecified atom stereocenters. The second-order valence-corrected chi connectivity index (χ2v) is 8.59. The van der Waals surface area contributed by atoms with Crippen LogP contribution < -0.4 is 10.9 Å². The highest BCUT2D eigenvalue weighted by atomic mass is 32.1. The van der Waals surface area contributed by atoms with E-state index in [9.17, 15) is 19.2 Å². The van der Waals surface area contributed by atoms with Gasteiger partial charge in [0.1, 0.15) is 9.71 Å². The van der Waals surface area contributed by atoms with Crippen LogP contribution in [0, 0.1) is 12.8 Å². The van der Waals surface area contributed by atoms with Gasteiger partial charge in [-0.1, -0.05) is 13.8 Å². The fraction of sp³-hybridized carbons (Fsp3) is 0.318. The molecule has 1 N–H and O–H groups in total. The highest BCUT2D eigenvalue weighted by Gasteiger charge is 2.21. The summed E-state index contributed by atoms with van der Waals surface area (Å²) < 4.78 is 6.51. The first-order valence-corrected chi connectivity index (χ1v) is 10.6. The number of anilines is 1. The van der Waals surface area contributed by atoms with Gasteiger partial charge in [0.2, 0.25) is 5.91 Å². The number of thiophene rings is 1. The number of carbonyl (C=O) groups excluding carboxylic acids is 3. The summed E-state index contributed by atoms with van der Waals surface area (Å²) in [4.78, 5) is 54.1. The molecule has 0 bridgehead atoms. The molecule has 0 radical (unpaired) electrons. The zero-order valence-electron chi connectivity index (χ0n) is 17.7. The summed E-state index contributed by atoms with van der Waals surface area (Å²) in [5.74, 6) is -0.756. The van der Waals surface area contributed by atoms with Gasteiger partial charge in [-0.3, -0.25) is 19.0 Å². The van der Waals surface area contributed by atoms with Crippen molar-refractivity contribution in [1.29, 1.82) is 0 Å². The van der Waals surface area contributed by atoms with E-state index >= 15 is 0 Å². The van der Waals surface area contributed by atoms with Gasteiger partial charge in [0, 0.05) is 18.2 Å². The van der Waals surface area contributed by atoms with Gasteiger partial charge in [-0.15, -0.1) is 11.3 Å². The zero-order chi connectivity index (χ0) is 22.7. The second kappa shape index (κ2) is 9.22. The number of hydrogen-bond acceptors (Lipinski definition) is 7. The summed E-state index contributed by atoms with van der Waals surface area (Å²) in [6.07, 6.45) is 1.31. The van der Waals surface area contributed by atoms with Crippen molar-refractivity contribution in [3.05, 3.63) is 57.0 Å². The number of amides is 1. The van der Waals surface area contributed by atoms with Crippen molar-refractivity contribution in [3.63, 3.8) is 0 Å². The summed E-state index contributed by atoms with van der Waals surface area (Å²) in [5.41, 5.74) is 1.11. The molecule has 0 aliphatic rings. The third-order valence-corrected chi connectivity index (χ3v) is 5.67. The van der Waals surface area contributed by atoms with Gasteiger partial charge in [-0.2, -0.15) is 0 Å². The molecular formula is C22H23N3O5S. The van der Waals surface area contributed by atoms with Crippen molar-refractivity contribution in [2.45, 2.75) is 34.2 Å². The predicted molar refractivity (Wildman–Crippen MR) is 119 cm³/mol. The molecule has 0 aliphatic heterocycles. The number of ether oxygens (including phenoxy) is 1. The average Bonchev–Trinajstić information content (AvgIpc) is 3.05. The molecule has 3 rings (SSSR count). The topological polar surface area (TPSA) is 107 Å². The second-order valence-electron chi connectivity index (χ2n) is 7.59. The van der Waals surface area contributed by atoms with Gasteiger partial charge in [0.25, 0.3) is 5.56 Å². The first-order chi connectivity index (χ1) is 14.7. The van der Waals surface area contributed by atoms with Crippen molar-refractivity contribution >= 4 is 44.9 Å². The molecule has 1 amide bonds. The van der Waals surface area contributed by atoms with Crippen molar-refractivity contribution in [1.82, 2.24) is 9.55 Å². The van der Waals surface area contributed by atoms with Crippen LogP contribution in [0.15, 0.2) is 35.4 Å². The Labute approximate surface area is 182 Å². The first-order valence-electron chi connectivity index (χ1n) is 9.74. The summed E-state index contributed by atoms with van der Waals surface area (Å²) in [5, 5.41) is 2.95. The van der Waals surface area contributed by atoms with Crippen LogP contribution in [0.5, 0.6) is 0 Å². The van der Waals surface area contributed by atoms with Crippen LogP contribution in [0.2, 0.25) is 0 Å². The van der Waals surface area contributed by atoms with E-state index in [2.05, 4.69) is 10.3 Å². The Morgan fingerprint density at radius 2 is 1.87 bits per heavy atom. The van der Waals surface area contributed by atoms with Crippen molar-refractivity contribution in [3.8, 4) is 0 Å². The van der Waals surface area contributed by atoms with Crippen molar-refractivity contribution < 1.29 is 19.1 Å². The quantitative estimate of drug-likeness (QED) is 0.445. The number of ketones is 1. The molecule has 0 spiro atoms. The first kappa shape index (κ1) is 22.4. The van der Waals surface area contributed by atoms with E-state index < -0.39 is 5.97 Å². The van der Waals surface area contributed by atoms with Gasteiger partial charge in [0.15, 0.2) is 5.78 Å². The minimum Gasteiger partial charge on any atom is -0.461 e. The van der Waals surface area contributed by atoms with Crippen molar-refractivity contribution in [2.24, 2.45) is 5.92 Å². The van der Waals surface area contributed by atoms with Crippen LogP contribution in [0.25, 0.3) is 10.2 Å². The molecule has 0 fully saturated rings. The average molecular weight is 442 g/mol. The van der Waals surface area contributed by atoms with E-state index in [1.807, 2.05) is 13.8 Å². The van der Waals surface area contributed by atoms with Crippen molar-refractivity contribution in [2.75, 3.05) is 11.9 Å². The van der Waals surface area contributed by atoms with E-state index in [1.165, 1.54) is 17.8 Å². The third-order valence-electron chi connectivity index (χ3n) is 4.49. The number of carbonyl (C=O) groups is 3. The summed E-state index contributed by atoms with van der Waals surface area (Å²) >= 11 is 1.11. The Hall–Kier alpha value is -3.33. The highest BCUT2D eigenvalue weighted by molar-refractivity contribution is 7.20. The fourth-order valence-electron chi connectivity index (χ4n) is 2.96. The number of esters is 1. The zero-order valence-corrected chi connectivity index (χ0v) is 18.5. The van der Waals surface area contributed by atoms with Crippen LogP contribution in [0.3, 0.4) is 0 Å².